The van der Waals surface area contributed by atoms with Crippen LogP contribution in [0, 0.1) is 5.92 Å². The van der Waals surface area contributed by atoms with Gasteiger partial charge >= 0.3 is 0 Å². The molecular weight excluding hydrogens is 398 g/mol. The number of nitrogens with one attached hydrogen (secondary N) is 1. The molecule has 9 heteroatoms. The third-order valence-corrected chi connectivity index (χ3v) is 5.15. The van der Waals surface area contributed by atoms with E-state index in [1.165, 1.54) is 12.1 Å². The first-order valence-corrected chi connectivity index (χ1v) is 9.40. The van der Waals surface area contributed by atoms with Crippen LogP contribution in [0.3, 0.4) is 0 Å². The summed E-state index contributed by atoms with van der Waals surface area (Å²) in [5.41, 5.74) is 6.48. The van der Waals surface area contributed by atoms with Crippen molar-refractivity contribution in [1.82, 2.24) is 0 Å². The first kappa shape index (κ1) is 19.1. The molecule has 1 atom stereocenters. The van der Waals surface area contributed by atoms with Crippen LogP contribution in [-0.2, 0) is 9.59 Å². The predicted octanol–water partition coefficient (Wildman–Crippen LogP) is 2.20. The smallest absolute Gasteiger partial charge is 0.250 e. The van der Waals surface area contributed by atoms with E-state index in [9.17, 15) is 14.4 Å². The molecule has 2 aliphatic rings. The van der Waals surface area contributed by atoms with Crippen molar-refractivity contribution >= 4 is 40.7 Å². The second-order valence-corrected chi connectivity index (χ2v) is 7.19. The maximum atomic E-state index is 12.6. The Labute approximate surface area is 171 Å². The molecule has 2 aromatic carbocycles. The van der Waals surface area contributed by atoms with Crippen molar-refractivity contribution in [1.29, 1.82) is 0 Å². The molecule has 2 heterocycles. The third-order valence-electron chi connectivity index (χ3n) is 4.84. The number of anilines is 2. The van der Waals surface area contributed by atoms with Crippen molar-refractivity contribution in [2.24, 2.45) is 11.7 Å². The van der Waals surface area contributed by atoms with Gasteiger partial charge < -0.3 is 25.4 Å². The molecule has 0 spiro atoms. The first-order valence-electron chi connectivity index (χ1n) is 9.02. The van der Waals surface area contributed by atoms with E-state index in [0.717, 1.165) is 0 Å². The molecule has 0 radical (unpaired) electrons. The lowest BCUT2D eigenvalue weighted by Crippen LogP contribution is -2.28. The fourth-order valence-electron chi connectivity index (χ4n) is 3.37. The maximum Gasteiger partial charge on any atom is 0.250 e. The largest absolute Gasteiger partial charge is 0.486 e. The van der Waals surface area contributed by atoms with Gasteiger partial charge in [0.25, 0.3) is 0 Å². The number of ether oxygens (including phenoxy) is 2. The zero-order valence-corrected chi connectivity index (χ0v) is 16.1. The molecule has 3 N–H and O–H groups in total. The highest BCUT2D eigenvalue weighted by molar-refractivity contribution is 6.34. The van der Waals surface area contributed by atoms with Crippen molar-refractivity contribution in [2.45, 2.75) is 6.42 Å². The van der Waals surface area contributed by atoms with Gasteiger partial charge in [0.05, 0.1) is 16.5 Å². The summed E-state index contributed by atoms with van der Waals surface area (Å²) in [7, 11) is 0. The molecule has 3 amide bonds. The summed E-state index contributed by atoms with van der Waals surface area (Å²) in [6.07, 6.45) is 0.0907. The monoisotopic (exact) mass is 415 g/mol. The minimum Gasteiger partial charge on any atom is -0.486 e. The Bertz CT molecular complexity index is 1010. The Balaban J connectivity index is 1.45. The number of nitrogens with zero attached hydrogens (tertiary/aromatic N) is 1. The number of halogens is 1. The van der Waals surface area contributed by atoms with Crippen LogP contribution in [0.5, 0.6) is 11.5 Å². The van der Waals surface area contributed by atoms with Gasteiger partial charge in [-0.2, -0.15) is 0 Å². The van der Waals surface area contributed by atoms with Gasteiger partial charge in [-0.3, -0.25) is 14.4 Å². The summed E-state index contributed by atoms with van der Waals surface area (Å²) in [5, 5.41) is 2.88. The average molecular weight is 416 g/mol. The summed E-state index contributed by atoms with van der Waals surface area (Å²) in [4.78, 5) is 37.9. The van der Waals surface area contributed by atoms with E-state index in [4.69, 9.17) is 26.8 Å². The van der Waals surface area contributed by atoms with Crippen LogP contribution in [-0.4, -0.2) is 37.5 Å². The van der Waals surface area contributed by atoms with E-state index >= 15 is 0 Å². The standard InChI is InChI=1S/C20H18ClN3O5/c21-15-8-12(1-3-14(15)19(22)26)23-20(27)11-7-18(25)24(10-11)13-2-4-16-17(9-13)29-6-5-28-16/h1-4,8-9,11H,5-7,10H2,(H2,22,26)(H,23,27). The minimum atomic E-state index is -0.649. The van der Waals surface area contributed by atoms with Crippen LogP contribution >= 0.6 is 11.6 Å². The van der Waals surface area contributed by atoms with Gasteiger partial charge in [-0.25, -0.2) is 0 Å². The van der Waals surface area contributed by atoms with E-state index in [0.29, 0.717) is 36.1 Å². The van der Waals surface area contributed by atoms with Crippen molar-refractivity contribution < 1.29 is 23.9 Å². The fraction of sp³-hybridized carbons (Fsp3) is 0.250. The second-order valence-electron chi connectivity index (χ2n) is 6.78. The topological polar surface area (TPSA) is 111 Å². The number of primary amides is 1. The number of nitrogens with two attached hydrogens (primary N) is 1. The number of carbonyl (C=O) groups excluding carboxylic acids is 3. The highest BCUT2D eigenvalue weighted by atomic mass is 35.5. The average Bonchev–Trinajstić information content (AvgIpc) is 3.09. The van der Waals surface area contributed by atoms with Crippen LogP contribution in [0.15, 0.2) is 36.4 Å². The molecule has 0 aromatic heterocycles. The Morgan fingerprint density at radius 3 is 2.59 bits per heavy atom. The fourth-order valence-corrected chi connectivity index (χ4v) is 3.64. The van der Waals surface area contributed by atoms with E-state index in [1.54, 1.807) is 29.2 Å². The molecule has 150 valence electrons. The Hall–Kier alpha value is -3.26. The molecular formula is C20H18ClN3O5. The number of benzene rings is 2. The quantitative estimate of drug-likeness (QED) is 0.795. The first-order chi connectivity index (χ1) is 13.9. The predicted molar refractivity (Wildman–Crippen MR) is 106 cm³/mol. The lowest BCUT2D eigenvalue weighted by atomic mass is 10.1. The van der Waals surface area contributed by atoms with Crippen LogP contribution in [0.4, 0.5) is 11.4 Å². The number of amides is 3. The Morgan fingerprint density at radius 1 is 1.10 bits per heavy atom. The molecule has 2 aliphatic heterocycles. The summed E-state index contributed by atoms with van der Waals surface area (Å²) < 4.78 is 11.1. The molecule has 0 saturated carbocycles. The minimum absolute atomic E-state index is 0.0907. The SMILES string of the molecule is NC(=O)c1ccc(NC(=O)C2CC(=O)N(c3ccc4c(c3)OCCO4)C2)cc1Cl. The molecule has 8 nitrogen and oxygen atoms in total. The third kappa shape index (κ3) is 3.84. The van der Waals surface area contributed by atoms with E-state index < -0.39 is 11.8 Å². The van der Waals surface area contributed by atoms with E-state index in [1.807, 2.05) is 0 Å². The van der Waals surface area contributed by atoms with Gasteiger partial charge in [0.1, 0.15) is 13.2 Å². The summed E-state index contributed by atoms with van der Waals surface area (Å²) in [5.74, 6) is -0.407. The number of carbonyl (C=O) groups is 3. The van der Waals surface area contributed by atoms with E-state index in [-0.39, 0.29) is 35.4 Å². The molecule has 1 fully saturated rings. The molecule has 1 unspecified atom stereocenters. The lowest BCUT2D eigenvalue weighted by Gasteiger charge is -2.22. The number of hydrogen-bond acceptors (Lipinski definition) is 5. The molecule has 0 bridgehead atoms. The van der Waals surface area contributed by atoms with Gasteiger partial charge in [0.2, 0.25) is 17.7 Å². The number of rotatable bonds is 4. The zero-order chi connectivity index (χ0) is 20.5. The van der Waals surface area contributed by atoms with Gasteiger partial charge in [-0.1, -0.05) is 11.6 Å². The summed E-state index contributed by atoms with van der Waals surface area (Å²) in [6.45, 7) is 1.19. The van der Waals surface area contributed by atoms with Crippen molar-refractivity contribution in [3.05, 3.63) is 47.0 Å². The molecule has 0 aliphatic carbocycles. The summed E-state index contributed by atoms with van der Waals surface area (Å²) in [6, 6.07) is 9.71. The highest BCUT2D eigenvalue weighted by Gasteiger charge is 2.35. The molecule has 29 heavy (non-hydrogen) atoms. The second kappa shape index (κ2) is 7.63. The maximum absolute atomic E-state index is 12.6. The zero-order valence-electron chi connectivity index (χ0n) is 15.3. The van der Waals surface area contributed by atoms with E-state index in [2.05, 4.69) is 5.32 Å². The van der Waals surface area contributed by atoms with Crippen LogP contribution in [0.1, 0.15) is 16.8 Å². The molecule has 1 saturated heterocycles. The van der Waals surface area contributed by atoms with Crippen molar-refractivity contribution in [3.63, 3.8) is 0 Å². The normalized spacial score (nSPS) is 17.9. The molecule has 4 rings (SSSR count). The number of hydrogen-bond donors (Lipinski definition) is 2. The van der Waals surface area contributed by atoms with Gasteiger partial charge in [-0.15, -0.1) is 0 Å². The Kier molecular flexibility index (Phi) is 5.02. The lowest BCUT2D eigenvalue weighted by molar-refractivity contribution is -0.122. The number of fused-ring (bicyclic) bond motifs is 1. The van der Waals surface area contributed by atoms with Crippen molar-refractivity contribution in [2.75, 3.05) is 30.0 Å². The molecule has 2 aromatic rings. The van der Waals surface area contributed by atoms with Gasteiger partial charge in [0, 0.05) is 30.4 Å². The Morgan fingerprint density at radius 2 is 1.86 bits per heavy atom. The van der Waals surface area contributed by atoms with Crippen LogP contribution < -0.4 is 25.4 Å². The van der Waals surface area contributed by atoms with Gasteiger partial charge in [0.15, 0.2) is 11.5 Å². The van der Waals surface area contributed by atoms with Crippen molar-refractivity contribution in [3.8, 4) is 11.5 Å². The van der Waals surface area contributed by atoms with Crippen LogP contribution in [0.2, 0.25) is 5.02 Å². The summed E-state index contributed by atoms with van der Waals surface area (Å²) >= 11 is 6.02. The van der Waals surface area contributed by atoms with Crippen LogP contribution in [0.25, 0.3) is 0 Å². The van der Waals surface area contributed by atoms with Gasteiger partial charge in [-0.05, 0) is 30.3 Å². The highest BCUT2D eigenvalue weighted by Crippen LogP contribution is 2.36.